The van der Waals surface area contributed by atoms with Crippen LogP contribution >= 0.6 is 11.8 Å². The van der Waals surface area contributed by atoms with Crippen LogP contribution in [0.1, 0.15) is 6.42 Å². The Kier molecular flexibility index (Phi) is 8.87. The molecule has 0 bridgehead atoms. The Hall–Kier alpha value is -3.00. The number of methoxy groups -OCH3 is 1. The molecule has 2 amide bonds. The van der Waals surface area contributed by atoms with E-state index < -0.39 is 5.91 Å². The van der Waals surface area contributed by atoms with Crippen molar-refractivity contribution in [1.82, 2.24) is 10.9 Å². The molecule has 8 heteroatoms. The summed E-state index contributed by atoms with van der Waals surface area (Å²) in [5.74, 6) is 0.0394. The second-order valence-electron chi connectivity index (χ2n) is 5.63. The van der Waals surface area contributed by atoms with Crippen LogP contribution in [0.15, 0.2) is 54.6 Å². The van der Waals surface area contributed by atoms with Crippen molar-refractivity contribution in [1.29, 1.82) is 0 Å². The molecule has 2 aromatic rings. The molecule has 0 fully saturated rings. The molecule has 0 aliphatic rings. The van der Waals surface area contributed by atoms with Crippen LogP contribution in [-0.4, -0.2) is 43.0 Å². The first-order chi connectivity index (χ1) is 13.6. The highest BCUT2D eigenvalue weighted by molar-refractivity contribution is 7.99. The molecule has 0 spiro atoms. The van der Waals surface area contributed by atoms with E-state index in [-0.39, 0.29) is 30.7 Å². The molecule has 148 valence electrons. The summed E-state index contributed by atoms with van der Waals surface area (Å²) in [5, 5.41) is 0. The van der Waals surface area contributed by atoms with E-state index in [2.05, 4.69) is 15.6 Å². The normalized spacial score (nSPS) is 10.0. The Morgan fingerprint density at radius 3 is 2.36 bits per heavy atom. The van der Waals surface area contributed by atoms with Crippen LogP contribution in [0.2, 0.25) is 0 Å². The average molecular weight is 402 g/mol. The topological polar surface area (TPSA) is 93.7 Å². The molecular weight excluding hydrogens is 380 g/mol. The zero-order valence-corrected chi connectivity index (χ0v) is 16.3. The van der Waals surface area contributed by atoms with Gasteiger partial charge < -0.3 is 9.47 Å². The van der Waals surface area contributed by atoms with Gasteiger partial charge in [0.1, 0.15) is 5.75 Å². The summed E-state index contributed by atoms with van der Waals surface area (Å²) in [6.45, 7) is -0.235. The lowest BCUT2D eigenvalue weighted by Crippen LogP contribution is -2.44. The van der Waals surface area contributed by atoms with Gasteiger partial charge in [0.05, 0.1) is 12.9 Å². The first-order valence-corrected chi connectivity index (χ1v) is 9.75. The number of hydrogen-bond donors (Lipinski definition) is 2. The molecule has 7 nitrogen and oxygen atoms in total. The molecule has 2 N–H and O–H groups in total. The number of carbonyl (C=O) groups is 3. The maximum Gasteiger partial charge on any atom is 0.315 e. The van der Waals surface area contributed by atoms with Crippen LogP contribution in [0.5, 0.6) is 5.75 Å². The molecule has 0 unspecified atom stereocenters. The number of carbonyl (C=O) groups excluding carboxylic acids is 3. The first-order valence-electron chi connectivity index (χ1n) is 8.59. The van der Waals surface area contributed by atoms with Crippen molar-refractivity contribution in [3.63, 3.8) is 0 Å². The molecule has 2 aromatic carbocycles. The van der Waals surface area contributed by atoms with Gasteiger partial charge in [-0.05, 0) is 11.6 Å². The molecule has 0 aliphatic carbocycles. The lowest BCUT2D eigenvalue weighted by Gasteiger charge is -2.12. The van der Waals surface area contributed by atoms with Crippen LogP contribution in [0.4, 0.5) is 0 Å². The smallest absolute Gasteiger partial charge is 0.315 e. The van der Waals surface area contributed by atoms with Crippen molar-refractivity contribution < 1.29 is 23.9 Å². The second kappa shape index (κ2) is 11.7. The summed E-state index contributed by atoms with van der Waals surface area (Å²) in [5.41, 5.74) is 6.49. The largest absolute Gasteiger partial charge is 0.483 e. The number of esters is 1. The second-order valence-corrected chi connectivity index (χ2v) is 6.73. The summed E-state index contributed by atoms with van der Waals surface area (Å²) >= 11 is 1.28. The molecule has 0 heterocycles. The molecule has 0 saturated heterocycles. The van der Waals surface area contributed by atoms with Gasteiger partial charge in [0, 0.05) is 17.7 Å². The summed E-state index contributed by atoms with van der Waals surface area (Å²) in [7, 11) is 1.31. The number of benzene rings is 2. The Morgan fingerprint density at radius 2 is 1.61 bits per heavy atom. The highest BCUT2D eigenvalue weighted by Crippen LogP contribution is 2.29. The number of hydrazine groups is 1. The van der Waals surface area contributed by atoms with E-state index >= 15 is 0 Å². The van der Waals surface area contributed by atoms with E-state index in [0.29, 0.717) is 11.5 Å². The summed E-state index contributed by atoms with van der Waals surface area (Å²) in [4.78, 5) is 34.5. The third-order valence-corrected chi connectivity index (χ3v) is 4.53. The fourth-order valence-electron chi connectivity index (χ4n) is 2.21. The third kappa shape index (κ3) is 7.32. The van der Waals surface area contributed by atoms with Gasteiger partial charge in [-0.3, -0.25) is 25.2 Å². The minimum atomic E-state index is -0.474. The van der Waals surface area contributed by atoms with Crippen LogP contribution in [0, 0.1) is 0 Å². The van der Waals surface area contributed by atoms with E-state index in [9.17, 15) is 14.4 Å². The van der Waals surface area contributed by atoms with Gasteiger partial charge in [-0.15, -0.1) is 11.8 Å². The highest BCUT2D eigenvalue weighted by Gasteiger charge is 2.09. The van der Waals surface area contributed by atoms with E-state index in [1.54, 1.807) is 6.07 Å². The third-order valence-electron chi connectivity index (χ3n) is 3.59. The fraction of sp³-hybridized carbons (Fsp3) is 0.250. The van der Waals surface area contributed by atoms with Crippen molar-refractivity contribution in [3.8, 4) is 16.9 Å². The number of hydrogen-bond acceptors (Lipinski definition) is 6. The number of thioether (sulfide) groups is 1. The van der Waals surface area contributed by atoms with Gasteiger partial charge >= 0.3 is 5.97 Å². The fourth-order valence-corrected chi connectivity index (χ4v) is 2.97. The molecule has 0 radical (unpaired) electrons. The number of para-hydroxylation sites is 1. The van der Waals surface area contributed by atoms with Crippen molar-refractivity contribution >= 4 is 29.5 Å². The van der Waals surface area contributed by atoms with E-state index in [0.717, 1.165) is 11.1 Å². The molecule has 0 atom stereocenters. The Bertz CT molecular complexity index is 798. The molecule has 0 aliphatic heterocycles. The lowest BCUT2D eigenvalue weighted by molar-refractivity contribution is -0.137. The minimum Gasteiger partial charge on any atom is -0.483 e. The predicted octanol–water partition coefficient (Wildman–Crippen LogP) is 2.18. The molecule has 28 heavy (non-hydrogen) atoms. The number of amides is 2. The average Bonchev–Trinajstić information content (AvgIpc) is 2.74. The lowest BCUT2D eigenvalue weighted by atomic mass is 10.1. The van der Waals surface area contributed by atoms with Gasteiger partial charge in [0.25, 0.3) is 5.91 Å². The number of nitrogens with one attached hydrogen (secondary N) is 2. The first kappa shape index (κ1) is 21.3. The number of rotatable bonds is 9. The van der Waals surface area contributed by atoms with E-state index in [4.69, 9.17) is 4.74 Å². The number of ether oxygens (including phenoxy) is 2. The van der Waals surface area contributed by atoms with Crippen LogP contribution in [0.3, 0.4) is 0 Å². The standard InChI is InChI=1S/C20H22N2O5S/c1-26-20(25)14-28-12-11-18(23)21-22-19(24)13-27-17-10-6-5-9-16(17)15-7-3-2-4-8-15/h2-10H,11-14H2,1H3,(H,21,23)(H,22,24). The summed E-state index contributed by atoms with van der Waals surface area (Å²) < 4.78 is 10.1. The molecule has 2 rings (SSSR count). The van der Waals surface area contributed by atoms with Crippen molar-refractivity contribution in [2.24, 2.45) is 0 Å². The quantitative estimate of drug-likeness (QED) is 0.379. The van der Waals surface area contributed by atoms with Gasteiger partial charge in [0.2, 0.25) is 5.91 Å². The summed E-state index contributed by atoms with van der Waals surface area (Å²) in [6.07, 6.45) is 0.166. The summed E-state index contributed by atoms with van der Waals surface area (Å²) in [6, 6.07) is 17.1. The van der Waals surface area contributed by atoms with Crippen LogP contribution < -0.4 is 15.6 Å². The predicted molar refractivity (Wildman–Crippen MR) is 108 cm³/mol. The van der Waals surface area contributed by atoms with E-state index in [1.165, 1.54) is 18.9 Å². The van der Waals surface area contributed by atoms with Gasteiger partial charge in [-0.1, -0.05) is 48.5 Å². The monoisotopic (exact) mass is 402 g/mol. The molecular formula is C20H22N2O5S. The van der Waals surface area contributed by atoms with Crippen molar-refractivity contribution in [2.75, 3.05) is 25.2 Å². The molecule has 0 saturated carbocycles. The Morgan fingerprint density at radius 1 is 0.929 bits per heavy atom. The Balaban J connectivity index is 1.73. The van der Waals surface area contributed by atoms with Gasteiger partial charge in [-0.25, -0.2) is 0 Å². The molecule has 0 aromatic heterocycles. The zero-order chi connectivity index (χ0) is 20.2. The van der Waals surface area contributed by atoms with Crippen LogP contribution in [-0.2, 0) is 19.1 Å². The van der Waals surface area contributed by atoms with Gasteiger partial charge in [0.15, 0.2) is 6.61 Å². The van der Waals surface area contributed by atoms with Gasteiger partial charge in [-0.2, -0.15) is 0 Å². The zero-order valence-electron chi connectivity index (χ0n) is 15.5. The maximum absolute atomic E-state index is 11.9. The van der Waals surface area contributed by atoms with Crippen LogP contribution in [0.25, 0.3) is 11.1 Å². The van der Waals surface area contributed by atoms with E-state index in [1.807, 2.05) is 48.5 Å². The maximum atomic E-state index is 11.9. The minimum absolute atomic E-state index is 0.166. The Labute approximate surface area is 167 Å². The van der Waals surface area contributed by atoms with Crippen molar-refractivity contribution in [2.45, 2.75) is 6.42 Å². The SMILES string of the molecule is COC(=O)CSCCC(=O)NNC(=O)COc1ccccc1-c1ccccc1. The van der Waals surface area contributed by atoms with Crippen molar-refractivity contribution in [3.05, 3.63) is 54.6 Å². The highest BCUT2D eigenvalue weighted by atomic mass is 32.2.